The van der Waals surface area contributed by atoms with E-state index in [0.29, 0.717) is 16.5 Å². The van der Waals surface area contributed by atoms with E-state index in [1.54, 1.807) is 24.5 Å². The number of hydrogen-bond acceptors (Lipinski definition) is 3. The molecule has 1 aromatic heterocycles. The molecule has 0 fully saturated rings. The smallest absolute Gasteiger partial charge is 0.231 e. The van der Waals surface area contributed by atoms with Crippen molar-refractivity contribution in [2.75, 3.05) is 0 Å². The van der Waals surface area contributed by atoms with E-state index in [2.05, 4.69) is 9.97 Å². The molecule has 2 rings (SSSR count). The quantitative estimate of drug-likeness (QED) is 0.627. The van der Waals surface area contributed by atoms with E-state index in [4.69, 9.17) is 0 Å². The van der Waals surface area contributed by atoms with Crippen molar-refractivity contribution < 1.29 is 13.2 Å². The highest BCUT2D eigenvalue weighted by Crippen LogP contribution is 2.30. The second kappa shape index (κ2) is 5.39. The molecule has 0 aliphatic heterocycles. The second-order valence-electron chi connectivity index (χ2n) is 3.52. The summed E-state index contributed by atoms with van der Waals surface area (Å²) in [6, 6.07) is 6.97. The number of halogens is 3. The molecule has 18 heavy (non-hydrogen) atoms. The predicted octanol–water partition coefficient (Wildman–Crippen LogP) is 3.79. The molecule has 0 aliphatic rings. The maximum absolute atomic E-state index is 12.5. The molecule has 0 saturated carbocycles. The lowest BCUT2D eigenvalue weighted by Crippen LogP contribution is -2.04. The van der Waals surface area contributed by atoms with E-state index < -0.39 is 11.7 Å². The van der Waals surface area contributed by atoms with Crippen LogP contribution in [0.2, 0.25) is 0 Å². The molecular weight excluding hydrogens is 261 g/mol. The van der Waals surface area contributed by atoms with Gasteiger partial charge in [0.15, 0.2) is 5.16 Å². The van der Waals surface area contributed by atoms with Gasteiger partial charge in [-0.15, -0.1) is 0 Å². The van der Waals surface area contributed by atoms with Crippen LogP contribution in [0.25, 0.3) is 0 Å². The Labute approximate surface area is 106 Å². The fourth-order valence-corrected chi connectivity index (χ4v) is 2.09. The van der Waals surface area contributed by atoms with Gasteiger partial charge in [0.25, 0.3) is 0 Å². The molecule has 0 N–H and O–H groups in total. The molecule has 0 spiro atoms. The molecule has 94 valence electrons. The monoisotopic (exact) mass is 270 g/mol. The van der Waals surface area contributed by atoms with Gasteiger partial charge in [-0.1, -0.05) is 30.0 Å². The predicted molar refractivity (Wildman–Crippen MR) is 63.0 cm³/mol. The summed E-state index contributed by atoms with van der Waals surface area (Å²) in [7, 11) is 0. The maximum Gasteiger partial charge on any atom is 0.416 e. The van der Waals surface area contributed by atoms with Crippen molar-refractivity contribution in [2.24, 2.45) is 0 Å². The van der Waals surface area contributed by atoms with E-state index in [0.717, 1.165) is 12.1 Å². The molecule has 6 heteroatoms. The SMILES string of the molecule is FC(F)(F)c1cccc(CSc2ncccn2)c1. The van der Waals surface area contributed by atoms with Crippen LogP contribution in [0.1, 0.15) is 11.1 Å². The lowest BCUT2D eigenvalue weighted by molar-refractivity contribution is -0.137. The Balaban J connectivity index is 2.06. The number of rotatable bonds is 3. The van der Waals surface area contributed by atoms with Gasteiger partial charge >= 0.3 is 6.18 Å². The third-order valence-electron chi connectivity index (χ3n) is 2.16. The van der Waals surface area contributed by atoms with E-state index in [1.807, 2.05) is 0 Å². The van der Waals surface area contributed by atoms with Crippen molar-refractivity contribution in [1.29, 1.82) is 0 Å². The summed E-state index contributed by atoms with van der Waals surface area (Å²) in [6.07, 6.45) is -1.10. The summed E-state index contributed by atoms with van der Waals surface area (Å²) in [5, 5.41) is 0.551. The highest BCUT2D eigenvalue weighted by atomic mass is 32.2. The van der Waals surface area contributed by atoms with Gasteiger partial charge in [0, 0.05) is 18.1 Å². The van der Waals surface area contributed by atoms with Crippen LogP contribution in [-0.4, -0.2) is 9.97 Å². The topological polar surface area (TPSA) is 25.8 Å². The molecular formula is C12H9F3N2S. The van der Waals surface area contributed by atoms with Gasteiger partial charge < -0.3 is 0 Å². The standard InChI is InChI=1S/C12H9F3N2S/c13-12(14,15)10-4-1-3-9(7-10)8-18-11-16-5-2-6-17-11/h1-7H,8H2. The minimum absolute atomic E-state index is 0.411. The average molecular weight is 270 g/mol. The Morgan fingerprint density at radius 3 is 2.44 bits per heavy atom. The van der Waals surface area contributed by atoms with Gasteiger partial charge in [-0.2, -0.15) is 13.2 Å². The summed E-state index contributed by atoms with van der Waals surface area (Å²) >= 11 is 1.30. The molecule has 0 unspecified atom stereocenters. The van der Waals surface area contributed by atoms with Gasteiger partial charge in [0.2, 0.25) is 0 Å². The summed E-state index contributed by atoms with van der Waals surface area (Å²) in [6.45, 7) is 0. The lowest BCUT2D eigenvalue weighted by atomic mass is 10.1. The minimum Gasteiger partial charge on any atom is -0.231 e. The highest BCUT2D eigenvalue weighted by molar-refractivity contribution is 7.98. The van der Waals surface area contributed by atoms with E-state index in [9.17, 15) is 13.2 Å². The molecule has 0 saturated heterocycles. The average Bonchev–Trinajstić information content (AvgIpc) is 2.37. The first kappa shape index (κ1) is 12.9. The number of nitrogens with zero attached hydrogens (tertiary/aromatic N) is 2. The van der Waals surface area contributed by atoms with Crippen LogP contribution in [0, 0.1) is 0 Å². The largest absolute Gasteiger partial charge is 0.416 e. The Morgan fingerprint density at radius 2 is 1.78 bits per heavy atom. The van der Waals surface area contributed by atoms with Gasteiger partial charge in [-0.05, 0) is 17.7 Å². The Hall–Kier alpha value is -1.56. The van der Waals surface area contributed by atoms with Gasteiger partial charge in [-0.3, -0.25) is 0 Å². The number of hydrogen-bond donors (Lipinski definition) is 0. The normalized spacial score (nSPS) is 11.5. The molecule has 2 aromatic rings. The van der Waals surface area contributed by atoms with Crippen LogP contribution in [0.4, 0.5) is 13.2 Å². The van der Waals surface area contributed by atoms with Crippen LogP contribution < -0.4 is 0 Å². The number of aromatic nitrogens is 2. The van der Waals surface area contributed by atoms with Crippen LogP contribution in [0.15, 0.2) is 47.9 Å². The minimum atomic E-state index is -4.30. The van der Waals surface area contributed by atoms with Crippen LogP contribution >= 0.6 is 11.8 Å². The molecule has 0 amide bonds. The van der Waals surface area contributed by atoms with Crippen LogP contribution in [0.3, 0.4) is 0 Å². The van der Waals surface area contributed by atoms with Crippen LogP contribution in [0.5, 0.6) is 0 Å². The van der Waals surface area contributed by atoms with Crippen LogP contribution in [-0.2, 0) is 11.9 Å². The van der Waals surface area contributed by atoms with Crippen molar-refractivity contribution in [1.82, 2.24) is 9.97 Å². The molecule has 0 atom stereocenters. The van der Waals surface area contributed by atoms with E-state index in [1.165, 1.54) is 17.8 Å². The first-order valence-corrected chi connectivity index (χ1v) is 6.10. The van der Waals surface area contributed by atoms with Gasteiger partial charge in [0.05, 0.1) is 5.56 Å². The molecule has 0 bridgehead atoms. The second-order valence-corrected chi connectivity index (χ2v) is 4.46. The van der Waals surface area contributed by atoms with E-state index in [-0.39, 0.29) is 0 Å². The number of benzene rings is 1. The first-order valence-electron chi connectivity index (χ1n) is 5.11. The van der Waals surface area contributed by atoms with Crippen molar-refractivity contribution in [3.8, 4) is 0 Å². The first-order chi connectivity index (χ1) is 8.55. The number of thioether (sulfide) groups is 1. The van der Waals surface area contributed by atoms with Crippen molar-refractivity contribution in [3.05, 3.63) is 53.9 Å². The maximum atomic E-state index is 12.5. The Morgan fingerprint density at radius 1 is 1.06 bits per heavy atom. The highest BCUT2D eigenvalue weighted by Gasteiger charge is 2.30. The zero-order valence-electron chi connectivity index (χ0n) is 9.19. The Kier molecular flexibility index (Phi) is 3.86. The van der Waals surface area contributed by atoms with Crippen molar-refractivity contribution in [3.63, 3.8) is 0 Å². The molecule has 0 aliphatic carbocycles. The number of alkyl halides is 3. The summed E-state index contributed by atoms with van der Waals surface area (Å²) in [5.41, 5.74) is -0.0307. The fraction of sp³-hybridized carbons (Fsp3) is 0.167. The third-order valence-corrected chi connectivity index (χ3v) is 3.11. The lowest BCUT2D eigenvalue weighted by Gasteiger charge is -2.08. The third kappa shape index (κ3) is 3.46. The van der Waals surface area contributed by atoms with Gasteiger partial charge in [0.1, 0.15) is 0 Å². The zero-order valence-corrected chi connectivity index (χ0v) is 10.0. The Bertz CT molecular complexity index is 514. The van der Waals surface area contributed by atoms with E-state index >= 15 is 0 Å². The zero-order chi connectivity index (χ0) is 13.0. The molecule has 1 heterocycles. The molecule has 2 nitrogen and oxygen atoms in total. The van der Waals surface area contributed by atoms with Crippen molar-refractivity contribution in [2.45, 2.75) is 17.1 Å². The summed E-state index contributed by atoms with van der Waals surface area (Å²) in [5.74, 6) is 0.411. The van der Waals surface area contributed by atoms with Gasteiger partial charge in [-0.25, -0.2) is 9.97 Å². The summed E-state index contributed by atoms with van der Waals surface area (Å²) in [4.78, 5) is 7.99. The summed E-state index contributed by atoms with van der Waals surface area (Å²) < 4.78 is 37.5. The molecule has 0 radical (unpaired) electrons. The van der Waals surface area contributed by atoms with Crippen molar-refractivity contribution >= 4 is 11.8 Å². The molecule has 1 aromatic carbocycles. The fourth-order valence-electron chi connectivity index (χ4n) is 1.35.